The molecule has 1 amide bonds. The summed E-state index contributed by atoms with van der Waals surface area (Å²) in [4.78, 5) is 23.6. The van der Waals surface area contributed by atoms with Crippen LogP contribution in [0.1, 0.15) is 57.1 Å². The summed E-state index contributed by atoms with van der Waals surface area (Å²) in [5.74, 6) is -1.55. The Morgan fingerprint density at radius 2 is 1.48 bits per heavy atom. The molecule has 0 radical (unpaired) electrons. The third-order valence-corrected chi connectivity index (χ3v) is 7.44. The smallest absolute Gasteiger partial charge is 0.416 e. The Bertz CT molecular complexity index is 1310. The Kier molecular flexibility index (Phi) is 9.94. The van der Waals surface area contributed by atoms with E-state index in [4.69, 9.17) is 5.11 Å². The van der Waals surface area contributed by atoms with Crippen LogP contribution in [0.3, 0.4) is 0 Å². The second kappa shape index (κ2) is 12.8. The molecule has 11 heteroatoms. The number of carbonyl (C=O) groups is 2. The first kappa shape index (κ1) is 31.1. The molecule has 0 aliphatic rings. The van der Waals surface area contributed by atoms with Gasteiger partial charge in [0.15, 0.2) is 0 Å². The summed E-state index contributed by atoms with van der Waals surface area (Å²) in [5, 5.41) is 10.6. The number of halogens is 6. The number of thioether (sulfide) groups is 1. The van der Waals surface area contributed by atoms with Crippen LogP contribution >= 0.6 is 11.8 Å². The van der Waals surface area contributed by atoms with Gasteiger partial charge < -0.3 is 10.4 Å². The van der Waals surface area contributed by atoms with Crippen molar-refractivity contribution in [1.29, 1.82) is 0 Å². The Balaban J connectivity index is 1.84. The zero-order valence-corrected chi connectivity index (χ0v) is 22.4. The largest absolute Gasteiger partial charge is 0.481 e. The molecule has 0 heterocycles. The second-order valence-corrected chi connectivity index (χ2v) is 10.6. The molecule has 0 saturated carbocycles. The van der Waals surface area contributed by atoms with Crippen molar-refractivity contribution in [2.24, 2.45) is 0 Å². The minimum absolute atomic E-state index is 0.0544. The molecule has 3 aromatic carbocycles. The zero-order chi connectivity index (χ0) is 29.7. The average molecular weight is 584 g/mol. The lowest BCUT2D eigenvalue weighted by atomic mass is 9.95. The van der Waals surface area contributed by atoms with Crippen LogP contribution in [0.2, 0.25) is 0 Å². The fourth-order valence-electron chi connectivity index (χ4n) is 4.26. The van der Waals surface area contributed by atoms with Gasteiger partial charge in [-0.15, -0.1) is 11.8 Å². The highest BCUT2D eigenvalue weighted by Crippen LogP contribution is 2.43. The molecular weight excluding hydrogens is 556 g/mol. The molecule has 4 nitrogen and oxygen atoms in total. The van der Waals surface area contributed by atoms with Crippen molar-refractivity contribution in [2.75, 3.05) is 6.54 Å². The fraction of sp³-hybridized carbons (Fsp3) is 0.310. The van der Waals surface area contributed by atoms with Gasteiger partial charge in [-0.1, -0.05) is 24.3 Å². The van der Waals surface area contributed by atoms with Gasteiger partial charge in [0.1, 0.15) is 0 Å². The number of alkyl halides is 6. The molecule has 214 valence electrons. The SMILES string of the molecule is Cc1cc(SC(CCC(F)(F)F)c2ccc(C(=O)NCCC(=O)O)cc2)cc(C)c1-c1ccc(C(F)(F)F)cc1. The third kappa shape index (κ3) is 8.77. The van der Waals surface area contributed by atoms with Crippen molar-refractivity contribution in [3.63, 3.8) is 0 Å². The molecular formula is C29H27F6NO3S. The maximum atomic E-state index is 13.1. The van der Waals surface area contributed by atoms with Gasteiger partial charge >= 0.3 is 18.3 Å². The fourth-order valence-corrected chi connectivity index (χ4v) is 5.61. The molecule has 0 aliphatic carbocycles. The highest BCUT2D eigenvalue weighted by molar-refractivity contribution is 7.99. The predicted octanol–water partition coefficient (Wildman–Crippen LogP) is 8.37. The van der Waals surface area contributed by atoms with E-state index >= 15 is 0 Å². The number of nitrogens with one attached hydrogen (secondary N) is 1. The van der Waals surface area contributed by atoms with Crippen molar-refractivity contribution in [3.05, 3.63) is 88.5 Å². The first-order valence-corrected chi connectivity index (χ1v) is 13.1. The minimum atomic E-state index is -4.45. The highest BCUT2D eigenvalue weighted by atomic mass is 32.2. The summed E-state index contributed by atoms with van der Waals surface area (Å²) in [5.41, 5.74) is 2.97. The maximum absolute atomic E-state index is 13.1. The van der Waals surface area contributed by atoms with E-state index < -0.39 is 41.5 Å². The van der Waals surface area contributed by atoms with Crippen LogP contribution < -0.4 is 5.32 Å². The van der Waals surface area contributed by atoms with E-state index in [1.165, 1.54) is 36.0 Å². The monoisotopic (exact) mass is 583 g/mol. The molecule has 2 N–H and O–H groups in total. The van der Waals surface area contributed by atoms with Gasteiger partial charge in [-0.3, -0.25) is 9.59 Å². The van der Waals surface area contributed by atoms with Crippen LogP contribution in [0.15, 0.2) is 65.6 Å². The number of carboxylic acids is 1. The van der Waals surface area contributed by atoms with Gasteiger partial charge in [-0.05, 0) is 84.5 Å². The second-order valence-electron chi connectivity index (χ2n) is 9.29. The Morgan fingerprint density at radius 3 is 1.98 bits per heavy atom. The highest BCUT2D eigenvalue weighted by Gasteiger charge is 2.31. The van der Waals surface area contributed by atoms with Gasteiger partial charge in [0, 0.05) is 28.7 Å². The summed E-state index contributed by atoms with van der Waals surface area (Å²) < 4.78 is 78.2. The van der Waals surface area contributed by atoms with E-state index in [9.17, 15) is 35.9 Å². The first-order valence-electron chi connectivity index (χ1n) is 12.3. The summed E-state index contributed by atoms with van der Waals surface area (Å²) in [6, 6.07) is 14.6. The van der Waals surface area contributed by atoms with Crippen LogP contribution in [0.25, 0.3) is 11.1 Å². The number of hydrogen-bond donors (Lipinski definition) is 2. The summed E-state index contributed by atoms with van der Waals surface area (Å²) in [7, 11) is 0. The van der Waals surface area contributed by atoms with E-state index in [0.717, 1.165) is 28.8 Å². The van der Waals surface area contributed by atoms with E-state index in [1.807, 2.05) is 0 Å². The molecule has 40 heavy (non-hydrogen) atoms. The number of carbonyl (C=O) groups excluding carboxylic acids is 1. The third-order valence-electron chi connectivity index (χ3n) is 6.14. The number of amides is 1. The molecule has 0 aliphatic heterocycles. The zero-order valence-electron chi connectivity index (χ0n) is 21.6. The number of carboxylic acid groups (broad SMARTS) is 1. The first-order chi connectivity index (χ1) is 18.6. The van der Waals surface area contributed by atoms with E-state index in [-0.39, 0.29) is 24.9 Å². The molecule has 0 bridgehead atoms. The van der Waals surface area contributed by atoms with Gasteiger partial charge in [-0.25, -0.2) is 0 Å². The lowest BCUT2D eigenvalue weighted by Gasteiger charge is -2.20. The number of rotatable bonds is 10. The van der Waals surface area contributed by atoms with Crippen LogP contribution in [-0.4, -0.2) is 29.7 Å². The molecule has 0 saturated heterocycles. The summed E-state index contributed by atoms with van der Waals surface area (Å²) in [6.07, 6.45) is -10.3. The van der Waals surface area contributed by atoms with Gasteiger partial charge in [-0.2, -0.15) is 26.3 Å². The van der Waals surface area contributed by atoms with Crippen molar-refractivity contribution in [3.8, 4) is 11.1 Å². The standard InChI is InChI=1S/C29H27F6NO3S/c1-17-15-23(16-18(2)26(17)20-7-9-22(10-8-20)29(33,34)35)40-24(11-13-28(30,31)32)19-3-5-21(6-4-19)27(39)36-14-12-25(37)38/h3-10,15-16,24H,11-14H2,1-2H3,(H,36,39)(H,37,38). The number of aliphatic carboxylic acids is 1. The van der Waals surface area contributed by atoms with Crippen LogP contribution in [0.5, 0.6) is 0 Å². The van der Waals surface area contributed by atoms with E-state index in [0.29, 0.717) is 16.0 Å². The van der Waals surface area contributed by atoms with Gasteiger partial charge in [0.2, 0.25) is 0 Å². The Labute approximate surface area is 231 Å². The van der Waals surface area contributed by atoms with E-state index in [2.05, 4.69) is 5.32 Å². The minimum Gasteiger partial charge on any atom is -0.481 e. The topological polar surface area (TPSA) is 66.4 Å². The van der Waals surface area contributed by atoms with Gasteiger partial charge in [0.05, 0.1) is 12.0 Å². The summed E-state index contributed by atoms with van der Waals surface area (Å²) >= 11 is 1.24. The van der Waals surface area contributed by atoms with Crippen LogP contribution in [-0.2, 0) is 11.0 Å². The van der Waals surface area contributed by atoms with Crippen molar-refractivity contribution in [1.82, 2.24) is 5.32 Å². The Morgan fingerprint density at radius 1 is 0.900 bits per heavy atom. The number of benzene rings is 3. The maximum Gasteiger partial charge on any atom is 0.416 e. The molecule has 0 fully saturated rings. The van der Waals surface area contributed by atoms with Gasteiger partial charge in [0.25, 0.3) is 5.91 Å². The lowest BCUT2D eigenvalue weighted by molar-refractivity contribution is -0.138. The lowest BCUT2D eigenvalue weighted by Crippen LogP contribution is -2.25. The molecule has 1 atom stereocenters. The Hall–Kier alpha value is -3.47. The van der Waals surface area contributed by atoms with Crippen molar-refractivity contribution >= 4 is 23.6 Å². The normalized spacial score (nSPS) is 12.7. The summed E-state index contributed by atoms with van der Waals surface area (Å²) in [6.45, 7) is 3.54. The van der Waals surface area contributed by atoms with Crippen LogP contribution in [0.4, 0.5) is 26.3 Å². The number of hydrogen-bond acceptors (Lipinski definition) is 3. The molecule has 3 aromatic rings. The predicted molar refractivity (Wildman–Crippen MR) is 141 cm³/mol. The average Bonchev–Trinajstić information content (AvgIpc) is 2.85. The quantitative estimate of drug-likeness (QED) is 0.186. The van der Waals surface area contributed by atoms with Crippen molar-refractivity contribution < 1.29 is 41.0 Å². The molecule has 0 aromatic heterocycles. The molecule has 0 spiro atoms. The number of aryl methyl sites for hydroxylation is 2. The molecule has 3 rings (SSSR count). The van der Waals surface area contributed by atoms with E-state index in [1.54, 1.807) is 38.1 Å². The van der Waals surface area contributed by atoms with Crippen molar-refractivity contribution in [2.45, 2.75) is 55.6 Å². The van der Waals surface area contributed by atoms with Crippen LogP contribution in [0, 0.1) is 13.8 Å². The molecule has 1 unspecified atom stereocenters.